The number of anilines is 1. The van der Waals surface area contributed by atoms with Crippen molar-refractivity contribution in [1.82, 2.24) is 10.2 Å². The van der Waals surface area contributed by atoms with E-state index in [-0.39, 0.29) is 11.7 Å². The van der Waals surface area contributed by atoms with Gasteiger partial charge in [-0.2, -0.15) is 8.78 Å². The van der Waals surface area contributed by atoms with Crippen LogP contribution in [0.1, 0.15) is 19.8 Å². The van der Waals surface area contributed by atoms with Gasteiger partial charge in [-0.15, -0.1) is 0 Å². The molecule has 2 aromatic rings. The molecule has 10 heteroatoms. The number of benzene rings is 2. The molecule has 2 aromatic carbocycles. The van der Waals surface area contributed by atoms with Crippen molar-refractivity contribution < 1.29 is 32.6 Å². The summed E-state index contributed by atoms with van der Waals surface area (Å²) in [5.74, 6) is -0.420. The number of alkyl halides is 2. The molecule has 0 bridgehead atoms. The first kappa shape index (κ1) is 22.5. The van der Waals surface area contributed by atoms with Crippen LogP contribution in [0.15, 0.2) is 42.5 Å². The van der Waals surface area contributed by atoms with Crippen LogP contribution in [-0.4, -0.2) is 48.6 Å². The van der Waals surface area contributed by atoms with E-state index in [0.717, 1.165) is 17.7 Å². The van der Waals surface area contributed by atoms with Crippen LogP contribution in [0.5, 0.6) is 11.5 Å². The summed E-state index contributed by atoms with van der Waals surface area (Å²) in [6.07, 6.45) is 1.70. The molecular weight excluding hydrogens is 436 g/mol. The van der Waals surface area contributed by atoms with Gasteiger partial charge in [-0.1, -0.05) is 12.1 Å². The lowest BCUT2D eigenvalue weighted by molar-refractivity contribution is -0.134. The van der Waals surface area contributed by atoms with Gasteiger partial charge < -0.3 is 20.1 Å². The molecule has 1 atom stereocenters. The Morgan fingerprint density at radius 1 is 1.21 bits per heavy atom. The summed E-state index contributed by atoms with van der Waals surface area (Å²) in [5.41, 5.74) is 0.209. The van der Waals surface area contributed by atoms with Crippen LogP contribution >= 0.6 is 0 Å². The van der Waals surface area contributed by atoms with Crippen molar-refractivity contribution in [3.8, 4) is 22.6 Å². The van der Waals surface area contributed by atoms with E-state index in [1.807, 2.05) is 0 Å². The maximum absolute atomic E-state index is 12.9. The molecule has 1 unspecified atom stereocenters. The number of amides is 4. The summed E-state index contributed by atoms with van der Waals surface area (Å²) < 4.78 is 35.5. The first-order valence-electron chi connectivity index (χ1n) is 10.4. The first-order valence-corrected chi connectivity index (χ1v) is 10.4. The molecule has 0 aromatic heterocycles. The van der Waals surface area contributed by atoms with E-state index >= 15 is 0 Å². The van der Waals surface area contributed by atoms with Gasteiger partial charge in [0.1, 0.15) is 23.6 Å². The van der Waals surface area contributed by atoms with Gasteiger partial charge in [0.05, 0.1) is 7.11 Å². The Kier molecular flexibility index (Phi) is 5.92. The zero-order valence-electron chi connectivity index (χ0n) is 18.1. The third kappa shape index (κ3) is 4.59. The summed E-state index contributed by atoms with van der Waals surface area (Å²) in [6, 6.07) is 10.3. The smallest absolute Gasteiger partial charge is 0.387 e. The number of urea groups is 1. The molecule has 33 heavy (non-hydrogen) atoms. The summed E-state index contributed by atoms with van der Waals surface area (Å²) in [7, 11) is 1.51. The van der Waals surface area contributed by atoms with Crippen molar-refractivity contribution in [2.75, 3.05) is 19.0 Å². The fourth-order valence-electron chi connectivity index (χ4n) is 3.94. The van der Waals surface area contributed by atoms with Gasteiger partial charge in [0.25, 0.3) is 5.91 Å². The summed E-state index contributed by atoms with van der Waals surface area (Å²) >= 11 is 0. The lowest BCUT2D eigenvalue weighted by atomic mass is 9.96. The second kappa shape index (κ2) is 8.68. The number of nitrogens with one attached hydrogen (secondary N) is 2. The molecule has 2 N–H and O–H groups in total. The maximum Gasteiger partial charge on any atom is 0.387 e. The van der Waals surface area contributed by atoms with Gasteiger partial charge in [0.15, 0.2) is 0 Å². The van der Waals surface area contributed by atoms with Crippen LogP contribution in [0.3, 0.4) is 0 Å². The number of nitrogens with zero attached hydrogens (tertiary/aromatic N) is 1. The van der Waals surface area contributed by atoms with E-state index in [1.54, 1.807) is 31.2 Å². The van der Waals surface area contributed by atoms with Crippen LogP contribution in [-0.2, 0) is 9.59 Å². The van der Waals surface area contributed by atoms with Crippen molar-refractivity contribution in [1.29, 1.82) is 0 Å². The Bertz CT molecular complexity index is 1090. The van der Waals surface area contributed by atoms with Crippen molar-refractivity contribution in [3.05, 3.63) is 42.5 Å². The average Bonchev–Trinajstić information content (AvgIpc) is 3.61. The molecule has 174 valence electrons. The Morgan fingerprint density at radius 2 is 1.91 bits per heavy atom. The first-order chi connectivity index (χ1) is 15.7. The van der Waals surface area contributed by atoms with Crippen molar-refractivity contribution in [2.45, 2.75) is 31.9 Å². The molecule has 2 fully saturated rings. The predicted molar refractivity (Wildman–Crippen MR) is 115 cm³/mol. The highest BCUT2D eigenvalue weighted by atomic mass is 19.3. The largest absolute Gasteiger partial charge is 0.497 e. The number of carbonyl (C=O) groups is 3. The SMILES string of the molecule is COc1ccc(-c2cc(NC(=O)CN3C(=O)NC(C)(C4CC4)C3=O)ccc2OC(F)F)cc1. The normalized spacial score (nSPS) is 20.1. The molecule has 1 heterocycles. The van der Waals surface area contributed by atoms with E-state index in [4.69, 9.17) is 4.74 Å². The number of methoxy groups -OCH3 is 1. The van der Waals surface area contributed by atoms with Crippen LogP contribution in [0, 0.1) is 5.92 Å². The molecule has 4 amide bonds. The van der Waals surface area contributed by atoms with Crippen molar-refractivity contribution >= 4 is 23.5 Å². The number of hydrogen-bond acceptors (Lipinski definition) is 5. The molecule has 1 saturated carbocycles. The van der Waals surface area contributed by atoms with Gasteiger partial charge >= 0.3 is 12.6 Å². The number of rotatable bonds is 8. The van der Waals surface area contributed by atoms with E-state index in [0.29, 0.717) is 22.6 Å². The van der Waals surface area contributed by atoms with Gasteiger partial charge in [-0.05, 0) is 61.6 Å². The molecule has 0 spiro atoms. The highest BCUT2D eigenvalue weighted by Crippen LogP contribution is 2.42. The standard InChI is InChI=1S/C23H23F2N3O5/c1-23(14-5-6-14)20(30)28(22(31)27-23)12-19(29)26-15-7-10-18(33-21(24)25)17(11-15)13-3-8-16(32-2)9-4-13/h3-4,7-11,14,21H,5-6,12H2,1-2H3,(H,26,29)(H,27,31). The lowest BCUT2D eigenvalue weighted by Crippen LogP contribution is -2.46. The highest BCUT2D eigenvalue weighted by molar-refractivity contribution is 6.10. The van der Waals surface area contributed by atoms with Gasteiger partial charge in [0, 0.05) is 11.3 Å². The predicted octanol–water partition coefficient (Wildman–Crippen LogP) is 3.62. The monoisotopic (exact) mass is 459 g/mol. The van der Waals surface area contributed by atoms with E-state index in [2.05, 4.69) is 15.4 Å². The molecule has 1 aliphatic carbocycles. The molecular formula is C23H23F2N3O5. The van der Waals surface area contributed by atoms with Crippen molar-refractivity contribution in [3.63, 3.8) is 0 Å². The molecule has 2 aliphatic rings. The van der Waals surface area contributed by atoms with Gasteiger partial charge in [-0.3, -0.25) is 14.5 Å². The summed E-state index contributed by atoms with van der Waals surface area (Å²) in [6.45, 7) is -1.81. The zero-order chi connectivity index (χ0) is 23.8. The van der Waals surface area contributed by atoms with Crippen LogP contribution < -0.4 is 20.1 Å². The number of ether oxygens (including phenoxy) is 2. The van der Waals surface area contributed by atoms with E-state index < -0.39 is 36.5 Å². The third-order valence-corrected chi connectivity index (χ3v) is 5.88. The molecule has 0 radical (unpaired) electrons. The number of halogens is 2. The van der Waals surface area contributed by atoms with Crippen molar-refractivity contribution in [2.24, 2.45) is 5.92 Å². The maximum atomic E-state index is 12.9. The average molecular weight is 459 g/mol. The number of hydrogen-bond donors (Lipinski definition) is 2. The molecule has 8 nitrogen and oxygen atoms in total. The Labute approximate surface area is 188 Å². The fraction of sp³-hybridized carbons (Fsp3) is 0.348. The second-order valence-corrected chi connectivity index (χ2v) is 8.16. The summed E-state index contributed by atoms with van der Waals surface area (Å²) in [4.78, 5) is 38.5. The Morgan fingerprint density at radius 3 is 2.52 bits per heavy atom. The van der Waals surface area contributed by atoms with Crippen LogP contribution in [0.2, 0.25) is 0 Å². The quantitative estimate of drug-likeness (QED) is 0.588. The molecule has 1 aliphatic heterocycles. The highest BCUT2D eigenvalue weighted by Gasteiger charge is 2.56. The lowest BCUT2D eigenvalue weighted by Gasteiger charge is -2.20. The van der Waals surface area contributed by atoms with E-state index in [9.17, 15) is 23.2 Å². The van der Waals surface area contributed by atoms with E-state index in [1.165, 1.54) is 25.3 Å². The minimum Gasteiger partial charge on any atom is -0.497 e. The Balaban J connectivity index is 1.52. The zero-order valence-corrected chi connectivity index (χ0v) is 18.1. The minimum atomic E-state index is -3.03. The minimum absolute atomic E-state index is 0.0672. The molecule has 4 rings (SSSR count). The number of imide groups is 1. The Hall–Kier alpha value is -3.69. The van der Waals surface area contributed by atoms with Gasteiger partial charge in [-0.25, -0.2) is 4.79 Å². The molecule has 1 saturated heterocycles. The van der Waals surface area contributed by atoms with Gasteiger partial charge in [0.2, 0.25) is 5.91 Å². The second-order valence-electron chi connectivity index (χ2n) is 8.16. The summed E-state index contributed by atoms with van der Waals surface area (Å²) in [5, 5.41) is 5.30. The number of carbonyl (C=O) groups excluding carboxylic acids is 3. The van der Waals surface area contributed by atoms with Crippen LogP contribution in [0.25, 0.3) is 11.1 Å². The van der Waals surface area contributed by atoms with Crippen LogP contribution in [0.4, 0.5) is 19.3 Å². The topological polar surface area (TPSA) is 97.0 Å². The fourth-order valence-corrected chi connectivity index (χ4v) is 3.94. The third-order valence-electron chi connectivity index (χ3n) is 5.88.